The van der Waals surface area contributed by atoms with E-state index in [1.54, 1.807) is 0 Å². The Balaban J connectivity index is 2.37. The van der Waals surface area contributed by atoms with E-state index in [4.69, 9.17) is 11.0 Å². The molecule has 0 spiro atoms. The maximum Gasteiger partial charge on any atom is 0.0991 e. The quantitative estimate of drug-likeness (QED) is 0.824. The Bertz CT molecular complexity index is 467. The van der Waals surface area contributed by atoms with E-state index in [1.807, 2.05) is 18.2 Å². The highest BCUT2D eigenvalue weighted by atomic mass is 15.3. The van der Waals surface area contributed by atoms with Crippen LogP contribution in [0.25, 0.3) is 0 Å². The van der Waals surface area contributed by atoms with Crippen LogP contribution in [-0.2, 0) is 0 Å². The summed E-state index contributed by atoms with van der Waals surface area (Å²) in [4.78, 5) is 2.44. The molecule has 3 heteroatoms. The summed E-state index contributed by atoms with van der Waals surface area (Å²) in [5, 5.41) is 9.00. The van der Waals surface area contributed by atoms with Crippen LogP contribution in [-0.4, -0.2) is 23.0 Å². The van der Waals surface area contributed by atoms with Crippen molar-refractivity contribution in [2.24, 2.45) is 5.73 Å². The number of benzene rings is 1. The molecule has 0 aliphatic carbocycles. The molecule has 2 rings (SSSR count). The summed E-state index contributed by atoms with van der Waals surface area (Å²) in [5.41, 5.74) is 8.23. The summed E-state index contributed by atoms with van der Waals surface area (Å²) >= 11 is 0. The highest BCUT2D eigenvalue weighted by Gasteiger charge is 2.38. The smallest absolute Gasteiger partial charge is 0.0991 e. The second-order valence-electron chi connectivity index (χ2n) is 6.00. The van der Waals surface area contributed by atoms with Gasteiger partial charge < -0.3 is 5.73 Å². The van der Waals surface area contributed by atoms with Gasteiger partial charge in [-0.1, -0.05) is 12.1 Å². The molecule has 1 saturated heterocycles. The van der Waals surface area contributed by atoms with Gasteiger partial charge in [-0.2, -0.15) is 5.26 Å². The molecule has 1 aliphatic rings. The molecule has 0 aromatic heterocycles. The van der Waals surface area contributed by atoms with Gasteiger partial charge in [0.1, 0.15) is 0 Å². The van der Waals surface area contributed by atoms with Crippen LogP contribution in [0.4, 0.5) is 0 Å². The van der Waals surface area contributed by atoms with E-state index < -0.39 is 0 Å². The Morgan fingerprint density at radius 3 is 2.72 bits per heavy atom. The van der Waals surface area contributed by atoms with Crippen molar-refractivity contribution in [3.8, 4) is 6.07 Å². The van der Waals surface area contributed by atoms with Crippen molar-refractivity contribution in [1.29, 1.82) is 5.26 Å². The zero-order valence-corrected chi connectivity index (χ0v) is 11.4. The fourth-order valence-electron chi connectivity index (χ4n) is 2.79. The molecule has 1 aromatic carbocycles. The predicted octanol–water partition coefficient (Wildman–Crippen LogP) is 2.43. The van der Waals surface area contributed by atoms with Crippen LogP contribution in [0.2, 0.25) is 0 Å². The lowest BCUT2D eigenvalue weighted by Gasteiger charge is -2.38. The van der Waals surface area contributed by atoms with E-state index in [9.17, 15) is 0 Å². The minimum atomic E-state index is 0.0986. The predicted molar refractivity (Wildman–Crippen MR) is 72.9 cm³/mol. The number of rotatable bonds is 1. The van der Waals surface area contributed by atoms with Crippen molar-refractivity contribution in [1.82, 2.24) is 4.90 Å². The van der Waals surface area contributed by atoms with E-state index >= 15 is 0 Å². The lowest BCUT2D eigenvalue weighted by atomic mass is 9.96. The molecular weight excluding hydrogens is 222 g/mol. The topological polar surface area (TPSA) is 53.0 Å². The summed E-state index contributed by atoms with van der Waals surface area (Å²) in [6.07, 6.45) is 1.01. The van der Waals surface area contributed by atoms with E-state index in [1.165, 1.54) is 0 Å². The highest BCUT2D eigenvalue weighted by Crippen LogP contribution is 2.36. The summed E-state index contributed by atoms with van der Waals surface area (Å²) in [7, 11) is 0. The number of hydrogen-bond donors (Lipinski definition) is 1. The minimum absolute atomic E-state index is 0.0986. The van der Waals surface area contributed by atoms with Crippen molar-refractivity contribution in [2.75, 3.05) is 6.54 Å². The summed E-state index contributed by atoms with van der Waals surface area (Å²) in [6.45, 7) is 7.66. The molecule has 0 saturated carbocycles. The van der Waals surface area contributed by atoms with E-state index in [0.29, 0.717) is 5.56 Å². The third-order valence-electron chi connectivity index (χ3n) is 3.66. The standard InChI is InChI=1S/C15H21N3/c1-15(2,3)18-8-7-13(17)14(18)12-6-4-5-11(9-12)10-16/h4-6,9,13-14H,7-8,17H2,1-3H3. The molecule has 18 heavy (non-hydrogen) atoms. The summed E-state index contributed by atoms with van der Waals surface area (Å²) < 4.78 is 0. The van der Waals surface area contributed by atoms with Gasteiger partial charge in [-0.15, -0.1) is 0 Å². The second-order valence-corrected chi connectivity index (χ2v) is 6.00. The van der Waals surface area contributed by atoms with Crippen LogP contribution in [0.15, 0.2) is 24.3 Å². The van der Waals surface area contributed by atoms with Gasteiger partial charge in [0.05, 0.1) is 17.7 Å². The third kappa shape index (κ3) is 2.40. The van der Waals surface area contributed by atoms with E-state index in [-0.39, 0.29) is 17.6 Å². The van der Waals surface area contributed by atoms with E-state index in [0.717, 1.165) is 18.5 Å². The normalized spacial score (nSPS) is 25.1. The molecule has 1 heterocycles. The molecule has 1 fully saturated rings. The van der Waals surface area contributed by atoms with Gasteiger partial charge in [-0.3, -0.25) is 4.90 Å². The molecule has 96 valence electrons. The molecule has 2 atom stereocenters. The first kappa shape index (κ1) is 13.1. The Labute approximate surface area is 109 Å². The fraction of sp³-hybridized carbons (Fsp3) is 0.533. The van der Waals surface area contributed by atoms with Gasteiger partial charge >= 0.3 is 0 Å². The molecule has 3 nitrogen and oxygen atoms in total. The largest absolute Gasteiger partial charge is 0.326 e. The Kier molecular flexibility index (Phi) is 3.43. The second kappa shape index (κ2) is 4.72. The zero-order valence-electron chi connectivity index (χ0n) is 11.4. The highest BCUT2D eigenvalue weighted by molar-refractivity contribution is 5.35. The lowest BCUT2D eigenvalue weighted by Crippen LogP contribution is -2.43. The molecule has 0 amide bonds. The number of nitriles is 1. The molecular formula is C15H21N3. The molecule has 1 aliphatic heterocycles. The van der Waals surface area contributed by atoms with Crippen LogP contribution < -0.4 is 5.73 Å². The number of nitrogens with two attached hydrogens (primary N) is 1. The first-order chi connectivity index (χ1) is 8.43. The maximum atomic E-state index is 9.00. The first-order valence-electron chi connectivity index (χ1n) is 6.46. The Morgan fingerprint density at radius 2 is 2.11 bits per heavy atom. The molecule has 2 N–H and O–H groups in total. The van der Waals surface area contributed by atoms with Crippen LogP contribution in [0.3, 0.4) is 0 Å². The summed E-state index contributed by atoms with van der Waals surface area (Å²) in [6, 6.07) is 10.4. The van der Waals surface area contributed by atoms with Crippen molar-refractivity contribution >= 4 is 0 Å². The number of likely N-dealkylation sites (tertiary alicyclic amines) is 1. The summed E-state index contributed by atoms with van der Waals surface area (Å²) in [5.74, 6) is 0. The van der Waals surface area contributed by atoms with Crippen LogP contribution in [0.1, 0.15) is 44.4 Å². The van der Waals surface area contributed by atoms with Crippen LogP contribution in [0, 0.1) is 11.3 Å². The molecule has 0 radical (unpaired) electrons. The zero-order chi connectivity index (χ0) is 13.3. The van der Waals surface area contributed by atoms with Gasteiger partial charge in [0.2, 0.25) is 0 Å². The van der Waals surface area contributed by atoms with Crippen molar-refractivity contribution in [3.63, 3.8) is 0 Å². The average molecular weight is 243 g/mol. The lowest BCUT2D eigenvalue weighted by molar-refractivity contribution is 0.117. The SMILES string of the molecule is CC(C)(C)N1CCC(N)C1c1cccc(C#N)c1. The van der Waals surface area contributed by atoms with Gasteiger partial charge in [-0.25, -0.2) is 0 Å². The van der Waals surface area contributed by atoms with Gasteiger partial charge in [-0.05, 0) is 44.9 Å². The maximum absolute atomic E-state index is 9.00. The van der Waals surface area contributed by atoms with Gasteiger partial charge in [0, 0.05) is 18.1 Å². The van der Waals surface area contributed by atoms with Crippen molar-refractivity contribution in [2.45, 2.75) is 44.8 Å². The van der Waals surface area contributed by atoms with Crippen molar-refractivity contribution < 1.29 is 0 Å². The monoisotopic (exact) mass is 243 g/mol. The van der Waals surface area contributed by atoms with Crippen LogP contribution >= 0.6 is 0 Å². The van der Waals surface area contributed by atoms with Crippen molar-refractivity contribution in [3.05, 3.63) is 35.4 Å². The third-order valence-corrected chi connectivity index (χ3v) is 3.66. The first-order valence-corrected chi connectivity index (χ1v) is 6.46. The Morgan fingerprint density at radius 1 is 1.39 bits per heavy atom. The van der Waals surface area contributed by atoms with Gasteiger partial charge in [0.25, 0.3) is 0 Å². The molecule has 2 unspecified atom stereocenters. The minimum Gasteiger partial charge on any atom is -0.326 e. The molecule has 0 bridgehead atoms. The average Bonchev–Trinajstić information content (AvgIpc) is 2.71. The number of hydrogen-bond acceptors (Lipinski definition) is 3. The number of nitrogens with zero attached hydrogens (tertiary/aromatic N) is 2. The van der Waals surface area contributed by atoms with Gasteiger partial charge in [0.15, 0.2) is 0 Å². The van der Waals surface area contributed by atoms with Crippen LogP contribution in [0.5, 0.6) is 0 Å². The molecule has 1 aromatic rings. The van der Waals surface area contributed by atoms with E-state index in [2.05, 4.69) is 37.8 Å². The Hall–Kier alpha value is -1.37. The fourth-order valence-corrected chi connectivity index (χ4v) is 2.79.